The number of nitrogens with zero attached hydrogens (tertiary/aromatic N) is 2. The van der Waals surface area contributed by atoms with Crippen LogP contribution in [0.1, 0.15) is 59.8 Å². The number of halogens is 1. The molecular formula is C30H38ClN3O4S. The van der Waals surface area contributed by atoms with E-state index in [1.54, 1.807) is 12.1 Å². The quantitative estimate of drug-likeness (QED) is 0.244. The van der Waals surface area contributed by atoms with E-state index in [1.807, 2.05) is 25.1 Å². The van der Waals surface area contributed by atoms with Crippen LogP contribution in [0.25, 0.3) is 11.4 Å². The number of esters is 1. The molecule has 0 saturated heterocycles. The van der Waals surface area contributed by atoms with E-state index in [0.29, 0.717) is 28.8 Å². The Labute approximate surface area is 239 Å². The highest BCUT2D eigenvalue weighted by molar-refractivity contribution is 7.99. The molecule has 39 heavy (non-hydrogen) atoms. The zero-order chi connectivity index (χ0) is 28.2. The predicted molar refractivity (Wildman–Crippen MR) is 152 cm³/mol. The van der Waals surface area contributed by atoms with Crippen LogP contribution in [0.4, 0.5) is 0 Å². The van der Waals surface area contributed by atoms with Crippen LogP contribution in [0.5, 0.6) is 0 Å². The SMILES string of the molecule is C=C[C@]1(C)C[C@@H](OC(=O)CSc2n[nH]c(-c3cccc(Cl)c3)n2)[C@]2(C)[C@H](C)CC[C@]3(CCC(=O)[C@H]32)[C@@H](C)[C@@H]1O. The molecule has 0 radical (unpaired) electrons. The summed E-state index contributed by atoms with van der Waals surface area (Å²) in [5.74, 6) is 0.341. The van der Waals surface area contributed by atoms with Crippen LogP contribution in [0.2, 0.25) is 5.02 Å². The van der Waals surface area contributed by atoms with Crippen LogP contribution >= 0.6 is 23.4 Å². The lowest BCUT2D eigenvalue weighted by Gasteiger charge is -2.61. The van der Waals surface area contributed by atoms with Gasteiger partial charge < -0.3 is 9.84 Å². The fourth-order valence-corrected chi connectivity index (χ4v) is 8.66. The number of nitrogens with one attached hydrogen (secondary N) is 1. The third kappa shape index (κ3) is 4.66. The molecule has 3 aliphatic carbocycles. The smallest absolute Gasteiger partial charge is 0.316 e. The Kier molecular flexibility index (Phi) is 7.53. The van der Waals surface area contributed by atoms with Gasteiger partial charge in [0.15, 0.2) is 5.82 Å². The van der Waals surface area contributed by atoms with Crippen LogP contribution in [0.15, 0.2) is 42.1 Å². The van der Waals surface area contributed by atoms with Gasteiger partial charge in [-0.1, -0.05) is 69.3 Å². The molecule has 5 rings (SSSR count). The van der Waals surface area contributed by atoms with Crippen molar-refractivity contribution < 1.29 is 19.4 Å². The number of Topliss-reactive ketones (excluding diaryl/α,β-unsaturated/α-hetero) is 1. The summed E-state index contributed by atoms with van der Waals surface area (Å²) in [5, 5.41) is 19.8. The monoisotopic (exact) mass is 571 g/mol. The Morgan fingerprint density at radius 3 is 2.82 bits per heavy atom. The molecule has 8 atom stereocenters. The molecule has 1 aromatic heterocycles. The number of H-pyrrole nitrogens is 1. The average molecular weight is 572 g/mol. The van der Waals surface area contributed by atoms with Crippen LogP contribution in [0, 0.1) is 34.0 Å². The number of rotatable bonds is 6. The first kappa shape index (κ1) is 28.4. The minimum Gasteiger partial charge on any atom is -0.461 e. The van der Waals surface area contributed by atoms with Gasteiger partial charge in [-0.05, 0) is 55.1 Å². The van der Waals surface area contributed by atoms with Gasteiger partial charge in [0.05, 0.1) is 11.9 Å². The van der Waals surface area contributed by atoms with Crippen molar-refractivity contribution in [3.05, 3.63) is 41.9 Å². The summed E-state index contributed by atoms with van der Waals surface area (Å²) >= 11 is 7.29. The van der Waals surface area contributed by atoms with Crippen molar-refractivity contribution in [2.45, 2.75) is 77.2 Å². The minimum atomic E-state index is -0.685. The zero-order valence-corrected chi connectivity index (χ0v) is 24.6. The van der Waals surface area contributed by atoms with E-state index < -0.39 is 23.0 Å². The van der Waals surface area contributed by atoms with Gasteiger partial charge in [-0.25, -0.2) is 4.98 Å². The molecule has 9 heteroatoms. The van der Waals surface area contributed by atoms with E-state index in [1.165, 1.54) is 11.8 Å². The molecule has 3 fully saturated rings. The van der Waals surface area contributed by atoms with Crippen molar-refractivity contribution in [3.8, 4) is 11.4 Å². The first-order valence-electron chi connectivity index (χ1n) is 13.8. The summed E-state index contributed by atoms with van der Waals surface area (Å²) in [4.78, 5) is 31.3. The molecule has 210 valence electrons. The Morgan fingerprint density at radius 1 is 1.33 bits per heavy atom. The summed E-state index contributed by atoms with van der Waals surface area (Å²) in [6, 6.07) is 7.30. The number of carbonyl (C=O) groups is 2. The second-order valence-corrected chi connectivity index (χ2v) is 13.7. The summed E-state index contributed by atoms with van der Waals surface area (Å²) in [6.45, 7) is 12.5. The molecule has 2 aromatic rings. The van der Waals surface area contributed by atoms with Crippen molar-refractivity contribution in [2.75, 3.05) is 5.75 Å². The highest BCUT2D eigenvalue weighted by atomic mass is 35.5. The van der Waals surface area contributed by atoms with Crippen molar-refractivity contribution >= 4 is 35.1 Å². The second kappa shape index (κ2) is 10.3. The number of aromatic amines is 1. The van der Waals surface area contributed by atoms with Gasteiger partial charge in [-0.3, -0.25) is 14.7 Å². The van der Waals surface area contributed by atoms with E-state index in [4.69, 9.17) is 16.3 Å². The fourth-order valence-electron chi connectivity index (χ4n) is 7.89. The van der Waals surface area contributed by atoms with Crippen molar-refractivity contribution in [3.63, 3.8) is 0 Å². The standard InChI is InChI=1S/C30H38ClN3O4S/c1-6-28(4)15-22(29(5)17(2)10-12-30(18(3)25(28)37)13-11-21(35)24(29)30)38-23(36)16-39-27-32-26(33-34-27)19-8-7-9-20(31)14-19/h6-9,14,17-18,22,24-25,37H,1,10-13,15-16H2,2-5H3,(H,32,33,34)/t17-,18+,22-,24+,25+,28-,29+,30+/m1/s1. The number of hydrogen-bond acceptors (Lipinski definition) is 7. The third-order valence-electron chi connectivity index (χ3n) is 10.5. The molecule has 3 aliphatic rings. The maximum Gasteiger partial charge on any atom is 0.316 e. The van der Waals surface area contributed by atoms with Gasteiger partial charge in [-0.15, -0.1) is 11.7 Å². The maximum atomic E-state index is 13.5. The number of hydrogen-bond donors (Lipinski definition) is 2. The van der Waals surface area contributed by atoms with Gasteiger partial charge in [-0.2, -0.15) is 0 Å². The number of benzene rings is 1. The minimum absolute atomic E-state index is 0.0291. The first-order chi connectivity index (χ1) is 18.4. The van der Waals surface area contributed by atoms with E-state index >= 15 is 0 Å². The highest BCUT2D eigenvalue weighted by Crippen LogP contribution is 2.68. The van der Waals surface area contributed by atoms with Crippen molar-refractivity contribution in [1.29, 1.82) is 0 Å². The molecular weight excluding hydrogens is 534 g/mol. The molecule has 1 heterocycles. The Bertz CT molecular complexity index is 1280. The lowest BCUT2D eigenvalue weighted by Crippen LogP contribution is -2.63. The Balaban J connectivity index is 1.39. The average Bonchev–Trinajstić information content (AvgIpc) is 3.53. The van der Waals surface area contributed by atoms with Gasteiger partial charge in [0.25, 0.3) is 0 Å². The normalized spacial score (nSPS) is 38.0. The van der Waals surface area contributed by atoms with Crippen LogP contribution in [0.3, 0.4) is 0 Å². The molecule has 2 bridgehead atoms. The van der Waals surface area contributed by atoms with Gasteiger partial charge in [0.2, 0.25) is 5.16 Å². The summed E-state index contributed by atoms with van der Waals surface area (Å²) in [6.07, 6.45) is 4.15. The largest absolute Gasteiger partial charge is 0.461 e. The second-order valence-electron chi connectivity index (χ2n) is 12.3. The Hall–Kier alpha value is -2.16. The van der Waals surface area contributed by atoms with E-state index in [-0.39, 0.29) is 40.7 Å². The van der Waals surface area contributed by atoms with E-state index in [2.05, 4.69) is 42.5 Å². The number of carbonyl (C=O) groups excluding carboxylic acids is 2. The lowest BCUT2D eigenvalue weighted by atomic mass is 9.44. The van der Waals surface area contributed by atoms with E-state index in [0.717, 1.165) is 24.8 Å². The third-order valence-corrected chi connectivity index (χ3v) is 11.5. The van der Waals surface area contributed by atoms with Crippen molar-refractivity contribution in [2.24, 2.45) is 34.0 Å². The van der Waals surface area contributed by atoms with Crippen LogP contribution in [-0.2, 0) is 14.3 Å². The van der Waals surface area contributed by atoms with Crippen molar-refractivity contribution in [1.82, 2.24) is 15.2 Å². The van der Waals surface area contributed by atoms with Crippen LogP contribution < -0.4 is 0 Å². The predicted octanol–water partition coefficient (Wildman–Crippen LogP) is 6.12. The summed E-state index contributed by atoms with van der Waals surface area (Å²) < 4.78 is 6.29. The molecule has 3 saturated carbocycles. The topological polar surface area (TPSA) is 105 Å². The summed E-state index contributed by atoms with van der Waals surface area (Å²) in [5.41, 5.74) is -0.679. The molecule has 0 spiro atoms. The number of aliphatic hydroxyl groups excluding tert-OH is 1. The lowest BCUT2D eigenvalue weighted by molar-refractivity contribution is -0.205. The number of ketones is 1. The maximum absolute atomic E-state index is 13.5. The molecule has 0 aliphatic heterocycles. The van der Waals surface area contributed by atoms with Crippen LogP contribution in [-0.4, -0.2) is 50.0 Å². The Morgan fingerprint density at radius 2 is 2.10 bits per heavy atom. The molecule has 7 nitrogen and oxygen atoms in total. The molecule has 2 N–H and O–H groups in total. The number of thioether (sulfide) groups is 1. The number of ether oxygens (including phenoxy) is 1. The zero-order valence-electron chi connectivity index (χ0n) is 23.1. The van der Waals surface area contributed by atoms with Gasteiger partial charge >= 0.3 is 5.97 Å². The fraction of sp³-hybridized carbons (Fsp3) is 0.600. The highest BCUT2D eigenvalue weighted by Gasteiger charge is 2.68. The molecule has 0 unspecified atom stereocenters. The number of aliphatic hydroxyl groups is 1. The van der Waals surface area contributed by atoms with Gasteiger partial charge in [0.1, 0.15) is 11.9 Å². The van der Waals surface area contributed by atoms with E-state index in [9.17, 15) is 14.7 Å². The summed E-state index contributed by atoms with van der Waals surface area (Å²) in [7, 11) is 0. The van der Waals surface area contributed by atoms with Gasteiger partial charge in [0, 0.05) is 33.8 Å². The molecule has 1 aromatic carbocycles. The number of aromatic nitrogens is 3. The first-order valence-corrected chi connectivity index (χ1v) is 15.2. The molecule has 0 amide bonds.